The number of barbiturate groups is 1. The quantitative estimate of drug-likeness (QED) is 0.280. The number of halogens is 3. The Kier molecular flexibility index (Phi) is 7.13. The number of nitrogens with one attached hydrogen (secondary N) is 1. The fraction of sp³-hybridized carbons (Fsp3) is 0.0526. The van der Waals surface area contributed by atoms with E-state index in [9.17, 15) is 19.2 Å². The molecule has 154 valence electrons. The van der Waals surface area contributed by atoms with Crippen molar-refractivity contribution >= 4 is 96.7 Å². The van der Waals surface area contributed by atoms with E-state index in [4.69, 9.17) is 9.84 Å². The summed E-state index contributed by atoms with van der Waals surface area (Å²) in [5.41, 5.74) is 0.626. The summed E-state index contributed by atoms with van der Waals surface area (Å²) in [6.45, 7) is -0.489. The SMILES string of the molecule is O=C(O)COc1c(I)cc(/C=C2\C(=O)NC(=O)N(c3cccc(Br)c3)C2=O)cc1I. The minimum absolute atomic E-state index is 0.208. The Hall–Kier alpha value is -2.00. The van der Waals surface area contributed by atoms with Crippen LogP contribution in [0.4, 0.5) is 10.5 Å². The number of anilines is 1. The van der Waals surface area contributed by atoms with Gasteiger partial charge in [-0.3, -0.25) is 14.9 Å². The predicted octanol–water partition coefficient (Wildman–Crippen LogP) is 3.79. The number of carboxylic acids is 1. The third-order valence-electron chi connectivity index (χ3n) is 3.84. The van der Waals surface area contributed by atoms with Gasteiger partial charge in [0.15, 0.2) is 6.61 Å². The Bertz CT molecular complexity index is 1090. The van der Waals surface area contributed by atoms with Gasteiger partial charge in [-0.1, -0.05) is 22.0 Å². The first kappa shape index (κ1) is 22.7. The Morgan fingerprint density at radius 1 is 1.17 bits per heavy atom. The molecule has 0 atom stereocenters. The predicted molar refractivity (Wildman–Crippen MR) is 128 cm³/mol. The highest BCUT2D eigenvalue weighted by molar-refractivity contribution is 14.1. The zero-order valence-electron chi connectivity index (χ0n) is 14.8. The van der Waals surface area contributed by atoms with E-state index in [1.54, 1.807) is 36.4 Å². The van der Waals surface area contributed by atoms with Gasteiger partial charge in [0.1, 0.15) is 11.3 Å². The lowest BCUT2D eigenvalue weighted by atomic mass is 10.1. The van der Waals surface area contributed by atoms with E-state index in [2.05, 4.69) is 21.2 Å². The maximum atomic E-state index is 12.9. The molecule has 30 heavy (non-hydrogen) atoms. The number of hydrogen-bond acceptors (Lipinski definition) is 5. The average molecular weight is 697 g/mol. The van der Waals surface area contributed by atoms with Crippen molar-refractivity contribution in [3.8, 4) is 5.75 Å². The van der Waals surface area contributed by atoms with Crippen molar-refractivity contribution in [2.24, 2.45) is 0 Å². The molecule has 1 aliphatic rings. The van der Waals surface area contributed by atoms with Gasteiger partial charge in [-0.15, -0.1) is 0 Å². The number of rotatable bonds is 5. The first-order valence-corrected chi connectivity index (χ1v) is 11.1. The summed E-state index contributed by atoms with van der Waals surface area (Å²) < 4.78 is 7.16. The summed E-state index contributed by atoms with van der Waals surface area (Å²) >= 11 is 7.24. The lowest BCUT2D eigenvalue weighted by Crippen LogP contribution is -2.54. The van der Waals surface area contributed by atoms with Crippen LogP contribution in [0.25, 0.3) is 6.08 Å². The van der Waals surface area contributed by atoms with Crippen molar-refractivity contribution in [1.82, 2.24) is 5.32 Å². The molecule has 0 radical (unpaired) electrons. The van der Waals surface area contributed by atoms with Crippen molar-refractivity contribution in [1.29, 1.82) is 0 Å². The molecular weight excluding hydrogens is 686 g/mol. The van der Waals surface area contributed by atoms with Crippen molar-refractivity contribution in [2.75, 3.05) is 11.5 Å². The largest absolute Gasteiger partial charge is 0.480 e. The summed E-state index contributed by atoms with van der Waals surface area (Å²) in [5, 5.41) is 11.0. The molecule has 0 aromatic heterocycles. The highest BCUT2D eigenvalue weighted by Gasteiger charge is 2.36. The maximum absolute atomic E-state index is 12.9. The van der Waals surface area contributed by atoms with Crippen molar-refractivity contribution in [3.05, 3.63) is 59.1 Å². The molecule has 0 bridgehead atoms. The highest BCUT2D eigenvalue weighted by atomic mass is 127. The van der Waals surface area contributed by atoms with Crippen LogP contribution in [0.5, 0.6) is 5.75 Å². The molecule has 2 N–H and O–H groups in total. The number of carbonyl (C=O) groups excluding carboxylic acids is 3. The number of imide groups is 2. The summed E-state index contributed by atoms with van der Waals surface area (Å²) in [6, 6.07) is 9.04. The Morgan fingerprint density at radius 2 is 1.83 bits per heavy atom. The van der Waals surface area contributed by atoms with Crippen molar-refractivity contribution < 1.29 is 29.0 Å². The molecule has 2 aromatic carbocycles. The standard InChI is InChI=1S/C19H11BrI2N2O6/c20-10-2-1-3-11(7-10)24-18(28)12(17(27)23-19(24)29)4-9-5-13(21)16(14(22)6-9)30-8-15(25)26/h1-7H,8H2,(H,25,26)(H,23,27,29)/b12-4+. The Balaban J connectivity index is 1.97. The Morgan fingerprint density at radius 3 is 2.43 bits per heavy atom. The van der Waals surface area contributed by atoms with Crippen LogP contribution in [0, 0.1) is 7.14 Å². The van der Waals surface area contributed by atoms with Crippen LogP contribution in [0.15, 0.2) is 46.4 Å². The lowest BCUT2D eigenvalue weighted by molar-refractivity contribution is -0.139. The zero-order chi connectivity index (χ0) is 22.0. The van der Waals surface area contributed by atoms with Gasteiger partial charge in [0.2, 0.25) is 0 Å². The fourth-order valence-corrected chi connectivity index (χ4v) is 5.12. The number of aliphatic carboxylic acids is 1. The molecular formula is C19H11BrI2N2O6. The molecule has 1 saturated heterocycles. The summed E-state index contributed by atoms with van der Waals surface area (Å²) in [4.78, 5) is 49.2. The molecule has 8 nitrogen and oxygen atoms in total. The summed E-state index contributed by atoms with van der Waals surface area (Å²) in [7, 11) is 0. The number of carbonyl (C=O) groups is 4. The number of hydrogen-bond donors (Lipinski definition) is 2. The maximum Gasteiger partial charge on any atom is 0.341 e. The average Bonchev–Trinajstić information content (AvgIpc) is 2.64. The zero-order valence-corrected chi connectivity index (χ0v) is 20.7. The Labute approximate surface area is 206 Å². The number of ether oxygens (including phenoxy) is 1. The monoisotopic (exact) mass is 696 g/mol. The molecule has 0 aliphatic carbocycles. The smallest absolute Gasteiger partial charge is 0.341 e. The second kappa shape index (κ2) is 9.43. The lowest BCUT2D eigenvalue weighted by Gasteiger charge is -2.26. The molecule has 4 amide bonds. The number of benzene rings is 2. The van der Waals surface area contributed by atoms with Gasteiger partial charge in [-0.2, -0.15) is 0 Å². The highest BCUT2D eigenvalue weighted by Crippen LogP contribution is 2.31. The minimum Gasteiger partial charge on any atom is -0.480 e. The van der Waals surface area contributed by atoms with Gasteiger partial charge < -0.3 is 9.84 Å². The third kappa shape index (κ3) is 5.00. The molecule has 0 spiro atoms. The van der Waals surface area contributed by atoms with Crippen LogP contribution >= 0.6 is 61.1 Å². The van der Waals surface area contributed by atoms with E-state index in [-0.39, 0.29) is 5.57 Å². The molecule has 2 aromatic rings. The molecule has 1 heterocycles. The van der Waals surface area contributed by atoms with Crippen LogP contribution in [0.3, 0.4) is 0 Å². The molecule has 11 heteroatoms. The van der Waals surface area contributed by atoms with E-state index >= 15 is 0 Å². The van der Waals surface area contributed by atoms with Crippen LogP contribution in [-0.2, 0) is 14.4 Å². The molecule has 1 fully saturated rings. The topological polar surface area (TPSA) is 113 Å². The van der Waals surface area contributed by atoms with Gasteiger partial charge in [0, 0.05) is 4.47 Å². The van der Waals surface area contributed by atoms with Crippen molar-refractivity contribution in [3.63, 3.8) is 0 Å². The normalized spacial score (nSPS) is 15.4. The minimum atomic E-state index is -1.10. The van der Waals surface area contributed by atoms with Gasteiger partial charge in [0.25, 0.3) is 11.8 Å². The summed E-state index contributed by atoms with van der Waals surface area (Å²) in [5.74, 6) is -2.26. The van der Waals surface area contributed by atoms with Crippen LogP contribution < -0.4 is 15.0 Å². The van der Waals surface area contributed by atoms with E-state index in [0.717, 1.165) is 4.90 Å². The van der Waals surface area contributed by atoms with Crippen LogP contribution in [0.1, 0.15) is 5.56 Å². The van der Waals surface area contributed by atoms with Crippen molar-refractivity contribution in [2.45, 2.75) is 0 Å². The van der Waals surface area contributed by atoms with E-state index < -0.39 is 30.4 Å². The van der Waals surface area contributed by atoms with E-state index in [0.29, 0.717) is 28.6 Å². The molecule has 3 rings (SSSR count). The number of carboxylic acid groups (broad SMARTS) is 1. The fourth-order valence-electron chi connectivity index (χ4n) is 2.61. The number of nitrogens with zero attached hydrogens (tertiary/aromatic N) is 1. The van der Waals surface area contributed by atoms with E-state index in [1.165, 1.54) is 6.08 Å². The first-order chi connectivity index (χ1) is 14.2. The molecule has 0 saturated carbocycles. The third-order valence-corrected chi connectivity index (χ3v) is 5.94. The van der Waals surface area contributed by atoms with Gasteiger partial charge in [-0.05, 0) is 87.2 Å². The van der Waals surface area contributed by atoms with Gasteiger partial charge >= 0.3 is 12.0 Å². The molecule has 0 unspecified atom stereocenters. The van der Waals surface area contributed by atoms with Crippen LogP contribution in [-0.4, -0.2) is 35.5 Å². The first-order valence-electron chi connectivity index (χ1n) is 8.18. The number of urea groups is 1. The van der Waals surface area contributed by atoms with E-state index in [1.807, 2.05) is 45.2 Å². The van der Waals surface area contributed by atoms with Gasteiger partial charge in [-0.25, -0.2) is 14.5 Å². The van der Waals surface area contributed by atoms with Crippen LogP contribution in [0.2, 0.25) is 0 Å². The summed E-state index contributed by atoms with van der Waals surface area (Å²) in [6.07, 6.45) is 1.38. The second-order valence-corrected chi connectivity index (χ2v) is 9.17. The van der Waals surface area contributed by atoms with Gasteiger partial charge in [0.05, 0.1) is 12.8 Å². The number of amides is 4. The molecule has 1 aliphatic heterocycles. The second-order valence-electron chi connectivity index (χ2n) is 5.93.